The van der Waals surface area contributed by atoms with Gasteiger partial charge in [-0.2, -0.15) is 0 Å². The maximum absolute atomic E-state index is 11.4. The lowest BCUT2D eigenvalue weighted by molar-refractivity contribution is -0.153. The molecule has 1 nitrogen and oxygen atoms in total. The Bertz CT molecular complexity index is 229. The van der Waals surface area contributed by atoms with Gasteiger partial charge in [0.2, 0.25) is 0 Å². The maximum Gasteiger partial charge on any atom is 0.144 e. The van der Waals surface area contributed by atoms with Crippen molar-refractivity contribution in [2.45, 2.75) is 26.7 Å². The first-order valence-corrected chi connectivity index (χ1v) is 4.26. The Hall–Kier alpha value is -0.590. The van der Waals surface area contributed by atoms with E-state index in [1.807, 2.05) is 0 Å². The van der Waals surface area contributed by atoms with E-state index in [4.69, 9.17) is 0 Å². The van der Waals surface area contributed by atoms with Crippen molar-refractivity contribution >= 4 is 5.78 Å². The van der Waals surface area contributed by atoms with E-state index in [0.717, 1.165) is 12.8 Å². The summed E-state index contributed by atoms with van der Waals surface area (Å²) in [6, 6.07) is 0. The van der Waals surface area contributed by atoms with Crippen molar-refractivity contribution in [3.63, 3.8) is 0 Å². The van der Waals surface area contributed by atoms with Gasteiger partial charge < -0.3 is 0 Å². The Balaban J connectivity index is 2.35. The summed E-state index contributed by atoms with van der Waals surface area (Å²) < 4.78 is 0. The zero-order valence-electron chi connectivity index (χ0n) is 7.18. The van der Waals surface area contributed by atoms with Crippen molar-refractivity contribution in [1.29, 1.82) is 0 Å². The van der Waals surface area contributed by atoms with Gasteiger partial charge in [0.05, 0.1) is 0 Å². The fourth-order valence-electron chi connectivity index (χ4n) is 2.76. The van der Waals surface area contributed by atoms with Crippen LogP contribution in [-0.2, 0) is 4.79 Å². The number of rotatable bonds is 0. The molecule has 2 atom stereocenters. The second-order valence-electron chi connectivity index (χ2n) is 4.41. The van der Waals surface area contributed by atoms with Gasteiger partial charge in [0, 0.05) is 11.8 Å². The summed E-state index contributed by atoms with van der Waals surface area (Å²) in [5, 5.41) is 0. The highest BCUT2D eigenvalue weighted by Crippen LogP contribution is 2.58. The summed E-state index contributed by atoms with van der Waals surface area (Å²) in [6.07, 6.45) is 2.12. The van der Waals surface area contributed by atoms with Gasteiger partial charge in [0.1, 0.15) is 5.78 Å². The van der Waals surface area contributed by atoms with Crippen LogP contribution >= 0.6 is 0 Å². The third-order valence-corrected chi connectivity index (χ3v) is 3.43. The number of hydrogen-bond acceptors (Lipinski definition) is 1. The summed E-state index contributed by atoms with van der Waals surface area (Å²) in [5.74, 6) is 0.991. The molecule has 0 spiro atoms. The minimum absolute atomic E-state index is 0.196. The maximum atomic E-state index is 11.4. The van der Waals surface area contributed by atoms with Gasteiger partial charge >= 0.3 is 0 Å². The molecule has 0 heterocycles. The summed E-state index contributed by atoms with van der Waals surface area (Å²) in [4.78, 5) is 11.4. The van der Waals surface area contributed by atoms with Crippen LogP contribution in [0.1, 0.15) is 26.7 Å². The molecule has 3 aliphatic carbocycles. The lowest BCUT2D eigenvalue weighted by atomic mass is 9.47. The molecule has 3 rings (SSSR count). The van der Waals surface area contributed by atoms with Crippen LogP contribution in [0.5, 0.6) is 0 Å². The molecule has 0 saturated heterocycles. The van der Waals surface area contributed by atoms with Crippen molar-refractivity contribution in [1.82, 2.24) is 0 Å². The average Bonchev–Trinajstić information content (AvgIpc) is 1.85. The lowest BCUT2D eigenvalue weighted by Crippen LogP contribution is -2.57. The molecule has 0 aromatic rings. The summed E-state index contributed by atoms with van der Waals surface area (Å²) in [7, 11) is 0. The summed E-state index contributed by atoms with van der Waals surface area (Å²) in [6.45, 7) is 8.34. The smallest absolute Gasteiger partial charge is 0.144 e. The quantitative estimate of drug-likeness (QED) is 0.484. The van der Waals surface area contributed by atoms with Crippen LogP contribution in [0.25, 0.3) is 0 Å². The minimum atomic E-state index is 0.196. The van der Waals surface area contributed by atoms with Crippen molar-refractivity contribution in [3.8, 4) is 0 Å². The van der Waals surface area contributed by atoms with Crippen molar-refractivity contribution in [3.05, 3.63) is 12.2 Å². The van der Waals surface area contributed by atoms with Gasteiger partial charge in [-0.3, -0.25) is 4.79 Å². The Morgan fingerprint density at radius 3 is 2.45 bits per heavy atom. The number of fused-ring (bicyclic) bond motifs is 2. The van der Waals surface area contributed by atoms with Gasteiger partial charge in [-0.15, -0.1) is 0 Å². The molecule has 3 saturated carbocycles. The highest BCUT2D eigenvalue weighted by molar-refractivity contribution is 5.94. The number of Topliss-reactive ketones (excluding diaryl/α,β-unsaturated/α-hetero) is 1. The molecule has 3 fully saturated rings. The first-order valence-electron chi connectivity index (χ1n) is 4.26. The molecule has 3 aliphatic rings. The Labute approximate surface area is 67.5 Å². The number of carbonyl (C=O) groups excluding carboxylic acids is 1. The fraction of sp³-hybridized carbons (Fsp3) is 0.700. The molecule has 2 bridgehead atoms. The predicted molar refractivity (Wildman–Crippen MR) is 44.1 cm³/mol. The fourth-order valence-corrected chi connectivity index (χ4v) is 2.76. The Morgan fingerprint density at radius 2 is 2.18 bits per heavy atom. The number of ketones is 1. The molecule has 60 valence electrons. The molecular formula is C10H14O. The Morgan fingerprint density at radius 1 is 1.55 bits per heavy atom. The summed E-state index contributed by atoms with van der Waals surface area (Å²) >= 11 is 0. The van der Waals surface area contributed by atoms with E-state index in [0.29, 0.717) is 11.7 Å². The van der Waals surface area contributed by atoms with Crippen LogP contribution < -0.4 is 0 Å². The molecule has 0 aliphatic heterocycles. The van der Waals surface area contributed by atoms with Crippen LogP contribution in [0.15, 0.2) is 12.2 Å². The number of carbonyl (C=O) groups is 1. The molecule has 11 heavy (non-hydrogen) atoms. The second-order valence-corrected chi connectivity index (χ2v) is 4.41. The van der Waals surface area contributed by atoms with Crippen molar-refractivity contribution in [2.24, 2.45) is 17.3 Å². The minimum Gasteiger partial charge on any atom is -0.299 e. The van der Waals surface area contributed by atoms with Gasteiger partial charge in [0.25, 0.3) is 0 Å². The van der Waals surface area contributed by atoms with E-state index >= 15 is 0 Å². The largest absolute Gasteiger partial charge is 0.299 e. The molecule has 0 amide bonds. The van der Waals surface area contributed by atoms with E-state index in [1.165, 1.54) is 5.57 Å². The topological polar surface area (TPSA) is 17.1 Å². The first kappa shape index (κ1) is 7.08. The van der Waals surface area contributed by atoms with Gasteiger partial charge in [-0.05, 0) is 18.3 Å². The molecule has 1 heteroatoms. The van der Waals surface area contributed by atoms with Crippen molar-refractivity contribution in [2.75, 3.05) is 0 Å². The highest BCUT2D eigenvalue weighted by Gasteiger charge is 2.58. The summed E-state index contributed by atoms with van der Waals surface area (Å²) in [5.41, 5.74) is 1.40. The molecular weight excluding hydrogens is 136 g/mol. The lowest BCUT2D eigenvalue weighted by Gasteiger charge is -2.55. The van der Waals surface area contributed by atoms with Crippen LogP contribution in [-0.4, -0.2) is 5.78 Å². The first-order chi connectivity index (χ1) is 5.05. The predicted octanol–water partition coefficient (Wildman–Crippen LogP) is 2.18. The molecule has 2 unspecified atom stereocenters. The number of allylic oxidation sites excluding steroid dienone is 1. The Kier molecular flexibility index (Phi) is 1.14. The monoisotopic (exact) mass is 150 g/mol. The third-order valence-electron chi connectivity index (χ3n) is 3.43. The molecule has 0 aromatic carbocycles. The average molecular weight is 150 g/mol. The third kappa shape index (κ3) is 0.640. The van der Waals surface area contributed by atoms with Crippen molar-refractivity contribution < 1.29 is 4.79 Å². The molecule has 0 N–H and O–H groups in total. The van der Waals surface area contributed by atoms with E-state index in [2.05, 4.69) is 20.4 Å². The van der Waals surface area contributed by atoms with Crippen LogP contribution in [0, 0.1) is 17.3 Å². The highest BCUT2D eigenvalue weighted by atomic mass is 16.1. The zero-order chi connectivity index (χ0) is 8.22. The van der Waals surface area contributed by atoms with Gasteiger partial charge in [-0.1, -0.05) is 26.0 Å². The van der Waals surface area contributed by atoms with E-state index in [1.54, 1.807) is 0 Å². The molecule has 0 radical (unpaired) electrons. The van der Waals surface area contributed by atoms with E-state index < -0.39 is 0 Å². The number of hydrogen-bond donors (Lipinski definition) is 0. The second kappa shape index (κ2) is 1.77. The molecule has 0 aromatic heterocycles. The van der Waals surface area contributed by atoms with Crippen LogP contribution in [0.2, 0.25) is 0 Å². The zero-order valence-corrected chi connectivity index (χ0v) is 7.18. The van der Waals surface area contributed by atoms with E-state index in [9.17, 15) is 4.79 Å². The van der Waals surface area contributed by atoms with Gasteiger partial charge in [-0.25, -0.2) is 0 Å². The normalized spacial score (nSPS) is 40.2. The standard InChI is InChI=1S/C10H14O/c1-6-4-5-7-9(11)8(6)10(7,2)3/h7-8H,1,4-5H2,2-3H3. The SMILES string of the molecule is C=C1CCC2C(=O)C1C2(C)C. The van der Waals surface area contributed by atoms with Crippen LogP contribution in [0.4, 0.5) is 0 Å². The van der Waals surface area contributed by atoms with Gasteiger partial charge in [0.15, 0.2) is 0 Å². The van der Waals surface area contributed by atoms with Crippen LogP contribution in [0.3, 0.4) is 0 Å². The van der Waals surface area contributed by atoms with E-state index in [-0.39, 0.29) is 11.3 Å².